The maximum atomic E-state index is 12.9. The first-order chi connectivity index (χ1) is 31.6. The minimum Gasteiger partial charge on any atom is -0.393 e. The molecule has 0 heterocycles. The first-order valence-corrected chi connectivity index (χ1v) is 30.0. The van der Waals surface area contributed by atoms with Crippen molar-refractivity contribution < 1.29 is 56.0 Å². The molecule has 0 aromatic carbocycles. The second-order valence-electron chi connectivity index (χ2n) is 25.8. The highest BCUT2D eigenvalue weighted by atomic mass is 32.2. The number of hydrogen-bond acceptors (Lipinski definition) is 10. The van der Waals surface area contributed by atoms with E-state index >= 15 is 0 Å². The van der Waals surface area contributed by atoms with Gasteiger partial charge < -0.3 is 31.1 Å². The Labute approximate surface area is 407 Å². The van der Waals surface area contributed by atoms with Crippen LogP contribution in [-0.2, 0) is 29.8 Å². The van der Waals surface area contributed by atoms with Gasteiger partial charge in [0.15, 0.2) is 0 Å². The summed E-state index contributed by atoms with van der Waals surface area (Å²) in [7, 11) is -8.27. The maximum Gasteiger partial charge on any atom is 0.266 e. The predicted molar refractivity (Wildman–Crippen MR) is 259 cm³/mol. The van der Waals surface area contributed by atoms with Crippen molar-refractivity contribution in [2.24, 2.45) is 92.7 Å². The van der Waals surface area contributed by atoms with E-state index in [1.165, 1.54) is 0 Å². The molecule has 0 aliphatic heterocycles. The number of rotatable bonds is 15. The number of aliphatic hydroxyl groups excluding tert-OH is 2. The lowest BCUT2D eigenvalue weighted by Gasteiger charge is -2.67. The highest BCUT2D eigenvalue weighted by Crippen LogP contribution is 2.72. The molecule has 8 aliphatic carbocycles. The van der Waals surface area contributed by atoms with Crippen molar-refractivity contribution in [3.8, 4) is 0 Å². The number of aliphatic hydroxyl groups is 4. The molecular formula is C52H88N2O12S2. The van der Waals surface area contributed by atoms with E-state index in [2.05, 4.69) is 52.2 Å². The van der Waals surface area contributed by atoms with E-state index in [1.807, 2.05) is 0 Å². The van der Waals surface area contributed by atoms with E-state index in [4.69, 9.17) is 9.11 Å². The average molecular weight is 997 g/mol. The van der Waals surface area contributed by atoms with Gasteiger partial charge in [-0.05, 0) is 208 Å². The number of carbonyl (C=O) groups is 2. The van der Waals surface area contributed by atoms with Crippen LogP contribution in [0, 0.1) is 92.7 Å². The first-order valence-electron chi connectivity index (χ1n) is 26.8. The summed E-state index contributed by atoms with van der Waals surface area (Å²) in [5, 5.41) is 55.5. The largest absolute Gasteiger partial charge is 0.393 e. The maximum absolute atomic E-state index is 12.9. The molecule has 0 aromatic rings. The molecule has 16 heteroatoms. The molecule has 8 saturated carbocycles. The van der Waals surface area contributed by atoms with Crippen LogP contribution in [0.3, 0.4) is 0 Å². The SMILES string of the molecule is C[C@H](CCC(=O)NCCS(=O)(=O)O)[C@H]1CC[C@H]2[C@@H]3[C@@H](O)C[C@@H]4CC(O)(C5(O)CC[C@@]6(C)[C@H](C[C@H](O)[C@@H]7[C@@H]6CC[C@]6(C)[C@@H]([C@H](C)CCC(=O)NCCS(=O)(=O)O)CC[C@@H]76)C5)CC[C@]4(C)[C@H]3CC[C@]12C. The standard InChI is InChI=1S/C52H88N2O12S2/c1-31(7-13-43(57)53-23-25-67(61,62)63)35-9-11-37-45-39(15-17-49(35,37)5)47(3)19-21-51(59,29-33(47)27-41(45)55)52(60)22-20-48(4)34(30-52)28-42(56)46-38-12-10-36(50(38,6)18-16-40(46)48)32(2)8-14-44(58)54-24-26-68(64,65)66/h31-42,45-46,55-56,59-60H,7-30H2,1-6H3,(H,53,57)(H,54,58)(H,61,62,63)(H,64,65,66)/t31-,32-,33-,34-,35-,36-,37+,38+,39+,40+,41+,42+,45+,46+,47+,48+,49-,50-,51?,52?/m1/s1. The van der Waals surface area contributed by atoms with Gasteiger partial charge in [0.05, 0.1) is 34.9 Å². The summed E-state index contributed by atoms with van der Waals surface area (Å²) in [6.45, 7) is 13.9. The molecule has 14 nitrogen and oxygen atoms in total. The molecule has 8 N–H and O–H groups in total. The van der Waals surface area contributed by atoms with Crippen LogP contribution in [-0.4, -0.2) is 106 Å². The highest BCUT2D eigenvalue weighted by molar-refractivity contribution is 7.86. The van der Waals surface area contributed by atoms with Gasteiger partial charge in [-0.2, -0.15) is 16.8 Å². The molecule has 0 saturated heterocycles. The van der Waals surface area contributed by atoms with E-state index in [9.17, 15) is 46.9 Å². The lowest BCUT2D eigenvalue weighted by atomic mass is 9.40. The molecule has 20 atom stereocenters. The minimum absolute atomic E-state index is 0.0442. The molecule has 0 spiro atoms. The van der Waals surface area contributed by atoms with Gasteiger partial charge in [0.2, 0.25) is 11.8 Å². The molecule has 0 bridgehead atoms. The van der Waals surface area contributed by atoms with Crippen LogP contribution in [0.2, 0.25) is 0 Å². The summed E-state index contributed by atoms with van der Waals surface area (Å²) < 4.78 is 62.4. The summed E-state index contributed by atoms with van der Waals surface area (Å²) in [6, 6.07) is 0. The van der Waals surface area contributed by atoms with E-state index in [0.29, 0.717) is 99.7 Å². The fourth-order valence-corrected chi connectivity index (χ4v) is 19.9. The van der Waals surface area contributed by atoms with Crippen LogP contribution >= 0.6 is 0 Å². The van der Waals surface area contributed by atoms with Gasteiger partial charge >= 0.3 is 0 Å². The summed E-state index contributed by atoms with van der Waals surface area (Å²) in [6.07, 6.45) is 14.3. The second-order valence-corrected chi connectivity index (χ2v) is 29.0. The van der Waals surface area contributed by atoms with E-state index < -0.39 is 55.2 Å². The third-order valence-corrected chi connectivity index (χ3v) is 24.3. The van der Waals surface area contributed by atoms with Gasteiger partial charge in [-0.3, -0.25) is 18.7 Å². The van der Waals surface area contributed by atoms with Crippen molar-refractivity contribution in [2.45, 2.75) is 193 Å². The van der Waals surface area contributed by atoms with Crippen molar-refractivity contribution in [1.29, 1.82) is 0 Å². The summed E-state index contributed by atoms with van der Waals surface area (Å²) in [5.41, 5.74) is -2.56. The fraction of sp³-hybridized carbons (Fsp3) is 0.962. The molecular weight excluding hydrogens is 909 g/mol. The smallest absolute Gasteiger partial charge is 0.266 e. The predicted octanol–water partition coefficient (Wildman–Crippen LogP) is 6.55. The van der Waals surface area contributed by atoms with Crippen LogP contribution in [0.4, 0.5) is 0 Å². The van der Waals surface area contributed by atoms with Gasteiger partial charge in [-0.15, -0.1) is 0 Å². The summed E-state index contributed by atoms with van der Waals surface area (Å²) >= 11 is 0. The van der Waals surface area contributed by atoms with Gasteiger partial charge in [-0.1, -0.05) is 41.5 Å². The van der Waals surface area contributed by atoms with Crippen molar-refractivity contribution >= 4 is 32.1 Å². The number of hydrogen-bond donors (Lipinski definition) is 8. The zero-order valence-corrected chi connectivity index (χ0v) is 43.6. The minimum atomic E-state index is -4.13. The first kappa shape index (κ1) is 52.9. The Hall–Kier alpha value is -1.40. The van der Waals surface area contributed by atoms with Gasteiger partial charge in [0, 0.05) is 25.9 Å². The Bertz CT molecular complexity index is 1960. The molecule has 8 fully saturated rings. The molecule has 0 radical (unpaired) electrons. The third kappa shape index (κ3) is 9.53. The number of amides is 2. The van der Waals surface area contributed by atoms with Crippen molar-refractivity contribution in [1.82, 2.24) is 10.6 Å². The quantitative estimate of drug-likeness (QED) is 0.0815. The van der Waals surface area contributed by atoms with Gasteiger partial charge in [0.1, 0.15) is 0 Å². The molecule has 68 heavy (non-hydrogen) atoms. The molecule has 0 aromatic heterocycles. The topological polar surface area (TPSA) is 248 Å². The number of nitrogens with one attached hydrogen (secondary N) is 2. The van der Waals surface area contributed by atoms with Gasteiger partial charge in [0.25, 0.3) is 20.2 Å². The van der Waals surface area contributed by atoms with Crippen molar-refractivity contribution in [3.63, 3.8) is 0 Å². The van der Waals surface area contributed by atoms with E-state index in [1.54, 1.807) is 0 Å². The Morgan fingerprint density at radius 2 is 0.897 bits per heavy atom. The van der Waals surface area contributed by atoms with E-state index in [0.717, 1.165) is 64.2 Å². The zero-order valence-electron chi connectivity index (χ0n) is 42.0. The third-order valence-electron chi connectivity index (χ3n) is 22.9. The molecule has 390 valence electrons. The Morgan fingerprint density at radius 3 is 1.25 bits per heavy atom. The molecule has 8 aliphatic rings. The monoisotopic (exact) mass is 997 g/mol. The number of fused-ring (bicyclic) bond motifs is 10. The molecule has 2 amide bonds. The van der Waals surface area contributed by atoms with Crippen LogP contribution in [0.15, 0.2) is 0 Å². The average Bonchev–Trinajstić information content (AvgIpc) is 3.79. The lowest BCUT2D eigenvalue weighted by molar-refractivity contribution is -0.260. The highest BCUT2D eigenvalue weighted by Gasteiger charge is 2.69. The Morgan fingerprint density at radius 1 is 0.544 bits per heavy atom. The Balaban J connectivity index is 0.882. The molecule has 2 unspecified atom stereocenters. The van der Waals surface area contributed by atoms with Gasteiger partial charge in [-0.25, -0.2) is 0 Å². The normalized spacial score (nSPS) is 47.5. The van der Waals surface area contributed by atoms with E-state index in [-0.39, 0.29) is 82.1 Å². The summed E-state index contributed by atoms with van der Waals surface area (Å²) in [4.78, 5) is 25.1. The van der Waals surface area contributed by atoms with Crippen LogP contribution in [0.1, 0.15) is 170 Å². The van der Waals surface area contributed by atoms with Crippen molar-refractivity contribution in [3.05, 3.63) is 0 Å². The zero-order chi connectivity index (χ0) is 49.6. The molecule has 8 rings (SSSR count). The van der Waals surface area contributed by atoms with Crippen molar-refractivity contribution in [2.75, 3.05) is 24.6 Å². The fourth-order valence-electron chi connectivity index (χ4n) is 19.2. The Kier molecular flexibility index (Phi) is 14.6. The second kappa shape index (κ2) is 18.8. The van der Waals surface area contributed by atoms with Crippen LogP contribution < -0.4 is 10.6 Å². The van der Waals surface area contributed by atoms with Crippen LogP contribution in [0.5, 0.6) is 0 Å². The van der Waals surface area contributed by atoms with Crippen LogP contribution in [0.25, 0.3) is 0 Å². The lowest BCUT2D eigenvalue weighted by Crippen LogP contribution is -2.67. The number of carbonyl (C=O) groups excluding carboxylic acids is 2. The summed E-state index contributed by atoms with van der Waals surface area (Å²) in [5.74, 6) is 1.92.